The summed E-state index contributed by atoms with van der Waals surface area (Å²) in [5.74, 6) is -0.459. The van der Waals surface area contributed by atoms with Gasteiger partial charge >= 0.3 is 0 Å². The first-order chi connectivity index (χ1) is 4.48. The Labute approximate surface area is 60.1 Å². The van der Waals surface area contributed by atoms with E-state index < -0.39 is 13.4 Å². The highest BCUT2D eigenvalue weighted by Gasteiger charge is 2.16. The smallest absolute Gasteiger partial charge is 0.293 e. The second-order valence-corrected chi connectivity index (χ2v) is 4.17. The predicted octanol–water partition coefficient (Wildman–Crippen LogP) is 0.718. The molecule has 0 aliphatic carbocycles. The second kappa shape index (κ2) is 3.74. The van der Waals surface area contributed by atoms with E-state index in [0.29, 0.717) is 6.42 Å². The maximum atomic E-state index is 10.8. The molecule has 0 aliphatic rings. The number of carbonyl (C=O) groups excluding carboxylic acids is 1. The zero-order chi connectivity index (χ0) is 8.20. The summed E-state index contributed by atoms with van der Waals surface area (Å²) in [5, 5.41) is 1.99. The van der Waals surface area contributed by atoms with Gasteiger partial charge in [-0.2, -0.15) is 0 Å². The molecule has 0 aromatic heterocycles. The number of nitrogens with one attached hydrogen (secondary N) is 1. The molecule has 0 aromatic carbocycles. The van der Waals surface area contributed by atoms with E-state index in [4.69, 9.17) is 4.89 Å². The van der Waals surface area contributed by atoms with Crippen LogP contribution in [0.15, 0.2) is 0 Å². The van der Waals surface area contributed by atoms with E-state index >= 15 is 0 Å². The van der Waals surface area contributed by atoms with Crippen LogP contribution >= 0.6 is 7.52 Å². The molecule has 0 spiro atoms. The van der Waals surface area contributed by atoms with E-state index in [0.717, 1.165) is 0 Å². The normalized spacial score (nSPS) is 15.9. The summed E-state index contributed by atoms with van der Waals surface area (Å²) in [6.07, 6.45) is 0.737. The second-order valence-electron chi connectivity index (χ2n) is 2.09. The van der Waals surface area contributed by atoms with Gasteiger partial charge in [0.1, 0.15) is 0 Å². The van der Waals surface area contributed by atoms with Crippen LogP contribution in [0.2, 0.25) is 0 Å². The van der Waals surface area contributed by atoms with Gasteiger partial charge in [0.2, 0.25) is 5.91 Å². The molecule has 0 heterocycles. The van der Waals surface area contributed by atoms with Crippen LogP contribution in [0.1, 0.15) is 20.3 Å². The van der Waals surface area contributed by atoms with Crippen molar-refractivity contribution in [2.75, 3.05) is 6.16 Å². The fraction of sp³-hybridized carbons (Fsp3) is 0.800. The van der Waals surface area contributed by atoms with E-state index in [2.05, 4.69) is 0 Å². The summed E-state index contributed by atoms with van der Waals surface area (Å²) in [6, 6.07) is 0. The number of carbonyl (C=O) groups is 1. The zero-order valence-electron chi connectivity index (χ0n) is 6.13. The summed E-state index contributed by atoms with van der Waals surface area (Å²) >= 11 is 0. The van der Waals surface area contributed by atoms with Crippen molar-refractivity contribution >= 4 is 13.4 Å². The minimum Gasteiger partial charge on any atom is -0.329 e. The van der Waals surface area contributed by atoms with Crippen LogP contribution in [0.5, 0.6) is 0 Å². The average Bonchev–Trinajstić information content (AvgIpc) is 1.59. The van der Waals surface area contributed by atoms with Gasteiger partial charge in [-0.1, -0.05) is 6.92 Å². The first-order valence-corrected chi connectivity index (χ1v) is 4.93. The summed E-state index contributed by atoms with van der Waals surface area (Å²) in [6.45, 7) is 3.00. The summed E-state index contributed by atoms with van der Waals surface area (Å²) in [4.78, 5) is 19.2. The van der Waals surface area contributed by atoms with Crippen LogP contribution in [0.4, 0.5) is 0 Å². The Hall–Kier alpha value is -0.340. The molecular formula is C5H12NO3P. The highest BCUT2D eigenvalue weighted by Crippen LogP contribution is 2.35. The van der Waals surface area contributed by atoms with Gasteiger partial charge in [0.15, 0.2) is 0 Å². The van der Waals surface area contributed by atoms with Crippen molar-refractivity contribution in [3.05, 3.63) is 0 Å². The molecule has 2 N–H and O–H groups in total. The SMILES string of the molecule is CCCP(=O)(O)NC(C)=O. The maximum Gasteiger partial charge on any atom is 0.293 e. The van der Waals surface area contributed by atoms with Gasteiger partial charge in [-0.3, -0.25) is 14.4 Å². The van der Waals surface area contributed by atoms with Gasteiger partial charge in [0, 0.05) is 13.1 Å². The molecule has 0 saturated carbocycles. The third-order valence-electron chi connectivity index (χ3n) is 0.859. The van der Waals surface area contributed by atoms with Crippen molar-refractivity contribution in [2.45, 2.75) is 20.3 Å². The lowest BCUT2D eigenvalue weighted by Crippen LogP contribution is -2.17. The van der Waals surface area contributed by atoms with E-state index in [1.54, 1.807) is 6.92 Å². The molecule has 0 aliphatic heterocycles. The number of rotatable bonds is 3. The maximum absolute atomic E-state index is 10.8. The standard InChI is InChI=1S/C5H12NO3P/c1-3-4-10(8,9)6-5(2)7/h3-4H2,1-2H3,(H2,6,7,8,9). The molecule has 0 aromatic rings. The Morgan fingerprint density at radius 2 is 2.20 bits per heavy atom. The molecule has 1 atom stereocenters. The zero-order valence-corrected chi connectivity index (χ0v) is 7.02. The molecule has 0 fully saturated rings. The van der Waals surface area contributed by atoms with Crippen molar-refractivity contribution in [3.8, 4) is 0 Å². The van der Waals surface area contributed by atoms with Gasteiger partial charge < -0.3 is 4.89 Å². The van der Waals surface area contributed by atoms with Gasteiger partial charge in [-0.15, -0.1) is 0 Å². The molecule has 1 unspecified atom stereocenters. The van der Waals surface area contributed by atoms with Crippen LogP contribution in [0.25, 0.3) is 0 Å². The highest BCUT2D eigenvalue weighted by atomic mass is 31.2. The Morgan fingerprint density at radius 3 is 2.50 bits per heavy atom. The Morgan fingerprint density at radius 1 is 1.70 bits per heavy atom. The molecule has 60 valence electrons. The van der Waals surface area contributed by atoms with E-state index in [1.165, 1.54) is 6.92 Å². The summed E-state index contributed by atoms with van der Waals surface area (Å²) < 4.78 is 10.8. The predicted molar refractivity (Wildman–Crippen MR) is 38.8 cm³/mol. The third-order valence-corrected chi connectivity index (χ3v) is 2.58. The quantitative estimate of drug-likeness (QED) is 0.605. The third kappa shape index (κ3) is 4.53. The van der Waals surface area contributed by atoms with Crippen LogP contribution in [-0.2, 0) is 9.36 Å². The van der Waals surface area contributed by atoms with E-state index in [-0.39, 0.29) is 6.16 Å². The lowest BCUT2D eigenvalue weighted by Gasteiger charge is -2.09. The van der Waals surface area contributed by atoms with Gasteiger partial charge in [0.05, 0.1) is 0 Å². The number of amides is 1. The lowest BCUT2D eigenvalue weighted by molar-refractivity contribution is -0.117. The summed E-state index contributed by atoms with van der Waals surface area (Å²) in [5.41, 5.74) is 0. The average molecular weight is 165 g/mol. The van der Waals surface area contributed by atoms with E-state index in [9.17, 15) is 9.36 Å². The Balaban J connectivity index is 3.87. The van der Waals surface area contributed by atoms with Crippen LogP contribution in [-0.4, -0.2) is 17.0 Å². The van der Waals surface area contributed by atoms with Gasteiger partial charge in [-0.25, -0.2) is 0 Å². The number of hydrogen-bond donors (Lipinski definition) is 2. The largest absolute Gasteiger partial charge is 0.329 e. The molecule has 0 bridgehead atoms. The highest BCUT2D eigenvalue weighted by molar-refractivity contribution is 7.56. The van der Waals surface area contributed by atoms with E-state index in [1.807, 2.05) is 5.09 Å². The molecule has 0 saturated heterocycles. The van der Waals surface area contributed by atoms with Gasteiger partial charge in [-0.05, 0) is 6.42 Å². The van der Waals surface area contributed by atoms with Crippen molar-refractivity contribution in [1.82, 2.24) is 5.09 Å². The summed E-state index contributed by atoms with van der Waals surface area (Å²) in [7, 11) is -3.35. The molecule has 5 heteroatoms. The molecule has 4 nitrogen and oxygen atoms in total. The van der Waals surface area contributed by atoms with Crippen LogP contribution in [0, 0.1) is 0 Å². The fourth-order valence-electron chi connectivity index (χ4n) is 0.605. The molecule has 10 heavy (non-hydrogen) atoms. The molecule has 1 amide bonds. The van der Waals surface area contributed by atoms with Crippen molar-refractivity contribution in [3.63, 3.8) is 0 Å². The first kappa shape index (κ1) is 9.66. The minimum absolute atomic E-state index is 0.145. The monoisotopic (exact) mass is 165 g/mol. The molecule has 0 radical (unpaired) electrons. The first-order valence-electron chi connectivity index (χ1n) is 3.08. The van der Waals surface area contributed by atoms with Gasteiger partial charge in [0.25, 0.3) is 7.52 Å². The Kier molecular flexibility index (Phi) is 3.61. The Bertz CT molecular complexity index is 168. The minimum atomic E-state index is -3.35. The van der Waals surface area contributed by atoms with Crippen LogP contribution in [0.3, 0.4) is 0 Å². The number of hydrogen-bond acceptors (Lipinski definition) is 2. The molecule has 0 rings (SSSR count). The van der Waals surface area contributed by atoms with Crippen molar-refractivity contribution in [1.29, 1.82) is 0 Å². The lowest BCUT2D eigenvalue weighted by atomic mass is 10.6. The fourth-order valence-corrected chi connectivity index (χ4v) is 1.82. The van der Waals surface area contributed by atoms with Crippen LogP contribution < -0.4 is 5.09 Å². The molecular weight excluding hydrogens is 153 g/mol. The van der Waals surface area contributed by atoms with Crippen molar-refractivity contribution < 1.29 is 14.3 Å². The topological polar surface area (TPSA) is 66.4 Å². The van der Waals surface area contributed by atoms with Crippen molar-refractivity contribution in [2.24, 2.45) is 0 Å².